The zero-order valence-corrected chi connectivity index (χ0v) is 9.28. The SMILES string of the molecule is Nc1cc(F)ccc1Nc1c(F)c(F)cc(F)c1F. The first-order valence-corrected chi connectivity index (χ1v) is 5.05. The van der Waals surface area contributed by atoms with Gasteiger partial charge in [0.15, 0.2) is 23.3 Å². The van der Waals surface area contributed by atoms with Crippen LogP contribution in [0.5, 0.6) is 0 Å². The zero-order chi connectivity index (χ0) is 14.2. The quantitative estimate of drug-likeness (QED) is 0.497. The number of benzene rings is 2. The normalized spacial score (nSPS) is 10.6. The largest absolute Gasteiger partial charge is 0.397 e. The van der Waals surface area contributed by atoms with Crippen LogP contribution >= 0.6 is 0 Å². The predicted octanol–water partition coefficient (Wildman–Crippen LogP) is 3.71. The summed E-state index contributed by atoms with van der Waals surface area (Å²) in [6.07, 6.45) is 0. The van der Waals surface area contributed by atoms with Gasteiger partial charge in [-0.15, -0.1) is 0 Å². The van der Waals surface area contributed by atoms with Crippen LogP contribution in [0.4, 0.5) is 39.0 Å². The maximum Gasteiger partial charge on any atom is 0.185 e. The molecule has 3 N–H and O–H groups in total. The van der Waals surface area contributed by atoms with Crippen LogP contribution in [-0.4, -0.2) is 0 Å². The molecule has 0 fully saturated rings. The van der Waals surface area contributed by atoms with Gasteiger partial charge in [-0.3, -0.25) is 0 Å². The van der Waals surface area contributed by atoms with E-state index < -0.39 is 34.8 Å². The molecule has 0 heterocycles. The smallest absolute Gasteiger partial charge is 0.185 e. The Morgan fingerprint density at radius 1 is 0.842 bits per heavy atom. The number of nitrogens with one attached hydrogen (secondary N) is 1. The molecular weight excluding hydrogens is 267 g/mol. The molecule has 0 spiro atoms. The summed E-state index contributed by atoms with van der Waals surface area (Å²) in [5.41, 5.74) is 4.14. The molecular formula is C12H7F5N2. The molecule has 7 heteroatoms. The maximum atomic E-state index is 13.4. The standard InChI is InChI=1S/C12H7F5N2/c13-5-1-2-9(8(18)3-5)19-12-10(16)6(14)4-7(15)11(12)17/h1-4,19H,18H2. The van der Waals surface area contributed by atoms with Crippen molar-refractivity contribution >= 4 is 17.1 Å². The van der Waals surface area contributed by atoms with Gasteiger partial charge >= 0.3 is 0 Å². The molecule has 0 aliphatic rings. The average Bonchev–Trinajstić information content (AvgIpc) is 2.34. The second-order valence-corrected chi connectivity index (χ2v) is 3.70. The molecule has 2 aromatic carbocycles. The van der Waals surface area contributed by atoms with Crippen LogP contribution < -0.4 is 11.1 Å². The van der Waals surface area contributed by atoms with E-state index in [1.807, 2.05) is 0 Å². The number of nitrogen functional groups attached to an aromatic ring is 1. The minimum Gasteiger partial charge on any atom is -0.397 e. The van der Waals surface area contributed by atoms with Crippen molar-refractivity contribution < 1.29 is 22.0 Å². The van der Waals surface area contributed by atoms with Crippen molar-refractivity contribution in [2.45, 2.75) is 0 Å². The van der Waals surface area contributed by atoms with Gasteiger partial charge in [0.1, 0.15) is 11.5 Å². The summed E-state index contributed by atoms with van der Waals surface area (Å²) < 4.78 is 65.5. The summed E-state index contributed by atoms with van der Waals surface area (Å²) in [7, 11) is 0. The van der Waals surface area contributed by atoms with Crippen LogP contribution in [0.3, 0.4) is 0 Å². The minimum atomic E-state index is -1.59. The fourth-order valence-electron chi connectivity index (χ4n) is 1.46. The molecule has 0 saturated carbocycles. The fraction of sp³-hybridized carbons (Fsp3) is 0. The highest BCUT2D eigenvalue weighted by atomic mass is 19.2. The molecule has 19 heavy (non-hydrogen) atoms. The van der Waals surface area contributed by atoms with Crippen molar-refractivity contribution in [2.75, 3.05) is 11.1 Å². The third-order valence-corrected chi connectivity index (χ3v) is 2.39. The molecule has 0 saturated heterocycles. The number of halogens is 5. The third kappa shape index (κ3) is 2.44. The summed E-state index contributed by atoms with van der Waals surface area (Å²) >= 11 is 0. The van der Waals surface area contributed by atoms with E-state index in [1.54, 1.807) is 0 Å². The summed E-state index contributed by atoms with van der Waals surface area (Å²) in [5.74, 6) is -6.95. The van der Waals surface area contributed by atoms with Gasteiger partial charge in [0.25, 0.3) is 0 Å². The van der Waals surface area contributed by atoms with E-state index in [2.05, 4.69) is 5.32 Å². The Morgan fingerprint density at radius 3 is 1.95 bits per heavy atom. The van der Waals surface area contributed by atoms with Gasteiger partial charge in [0.05, 0.1) is 11.4 Å². The van der Waals surface area contributed by atoms with Gasteiger partial charge in [-0.05, 0) is 18.2 Å². The van der Waals surface area contributed by atoms with Crippen molar-refractivity contribution in [3.63, 3.8) is 0 Å². The lowest BCUT2D eigenvalue weighted by atomic mass is 10.2. The monoisotopic (exact) mass is 274 g/mol. The van der Waals surface area contributed by atoms with Gasteiger partial charge in [-0.2, -0.15) is 0 Å². The van der Waals surface area contributed by atoms with Crippen molar-refractivity contribution in [3.05, 3.63) is 53.4 Å². The third-order valence-electron chi connectivity index (χ3n) is 2.39. The van der Waals surface area contributed by atoms with E-state index in [9.17, 15) is 22.0 Å². The summed E-state index contributed by atoms with van der Waals surface area (Å²) in [6, 6.07) is 3.05. The lowest BCUT2D eigenvalue weighted by Gasteiger charge is -2.12. The molecule has 0 aromatic heterocycles. The first-order valence-electron chi connectivity index (χ1n) is 5.05. The van der Waals surface area contributed by atoms with Crippen LogP contribution in [0, 0.1) is 29.1 Å². The number of anilines is 3. The molecule has 2 nitrogen and oxygen atoms in total. The first kappa shape index (κ1) is 13.1. The number of rotatable bonds is 2. The van der Waals surface area contributed by atoms with E-state index in [0.29, 0.717) is 0 Å². The molecule has 0 unspecified atom stereocenters. The van der Waals surface area contributed by atoms with Gasteiger partial charge in [-0.25, -0.2) is 22.0 Å². The Bertz CT molecular complexity index is 616. The van der Waals surface area contributed by atoms with E-state index in [-0.39, 0.29) is 17.4 Å². The van der Waals surface area contributed by atoms with Crippen LogP contribution in [0.2, 0.25) is 0 Å². The Labute approximate surface area is 104 Å². The lowest BCUT2D eigenvalue weighted by Crippen LogP contribution is -2.04. The molecule has 0 aliphatic heterocycles. The van der Waals surface area contributed by atoms with Crippen LogP contribution in [0.15, 0.2) is 24.3 Å². The van der Waals surface area contributed by atoms with E-state index >= 15 is 0 Å². The predicted molar refractivity (Wildman–Crippen MR) is 60.4 cm³/mol. The molecule has 0 radical (unpaired) electrons. The molecule has 0 aliphatic carbocycles. The first-order chi connectivity index (χ1) is 8.90. The summed E-state index contributed by atoms with van der Waals surface area (Å²) in [5, 5.41) is 2.10. The van der Waals surface area contributed by atoms with Crippen LogP contribution in [0.1, 0.15) is 0 Å². The summed E-state index contributed by atoms with van der Waals surface area (Å²) in [6.45, 7) is 0. The number of hydrogen-bond donors (Lipinski definition) is 2. The second-order valence-electron chi connectivity index (χ2n) is 3.70. The van der Waals surface area contributed by atoms with Crippen molar-refractivity contribution in [1.82, 2.24) is 0 Å². The highest BCUT2D eigenvalue weighted by molar-refractivity contribution is 5.73. The second kappa shape index (κ2) is 4.75. The van der Waals surface area contributed by atoms with Gasteiger partial charge < -0.3 is 11.1 Å². The Hall–Kier alpha value is -2.31. The lowest BCUT2D eigenvalue weighted by molar-refractivity contribution is 0.459. The van der Waals surface area contributed by atoms with E-state index in [1.165, 1.54) is 0 Å². The molecule has 2 rings (SSSR count). The number of hydrogen-bond acceptors (Lipinski definition) is 2. The van der Waals surface area contributed by atoms with Crippen LogP contribution in [-0.2, 0) is 0 Å². The molecule has 2 aromatic rings. The molecule has 100 valence electrons. The molecule has 0 atom stereocenters. The molecule has 0 amide bonds. The topological polar surface area (TPSA) is 38.0 Å². The van der Waals surface area contributed by atoms with Gasteiger partial charge in [-0.1, -0.05) is 0 Å². The summed E-state index contributed by atoms with van der Waals surface area (Å²) in [4.78, 5) is 0. The Kier molecular flexibility index (Phi) is 3.28. The minimum absolute atomic E-state index is 0.0794. The highest BCUT2D eigenvalue weighted by Gasteiger charge is 2.19. The van der Waals surface area contributed by atoms with Gasteiger partial charge in [0, 0.05) is 6.07 Å². The number of nitrogens with two attached hydrogens (primary N) is 1. The van der Waals surface area contributed by atoms with Crippen LogP contribution in [0.25, 0.3) is 0 Å². The fourth-order valence-corrected chi connectivity index (χ4v) is 1.46. The average molecular weight is 274 g/mol. The van der Waals surface area contributed by atoms with E-state index in [4.69, 9.17) is 5.73 Å². The Morgan fingerprint density at radius 2 is 1.42 bits per heavy atom. The Balaban J connectivity index is 2.49. The van der Waals surface area contributed by atoms with E-state index in [0.717, 1.165) is 18.2 Å². The van der Waals surface area contributed by atoms with Gasteiger partial charge in [0.2, 0.25) is 0 Å². The zero-order valence-electron chi connectivity index (χ0n) is 9.28. The highest BCUT2D eigenvalue weighted by Crippen LogP contribution is 2.30. The van der Waals surface area contributed by atoms with Crippen molar-refractivity contribution in [1.29, 1.82) is 0 Å². The van der Waals surface area contributed by atoms with Crippen molar-refractivity contribution in [2.24, 2.45) is 0 Å². The maximum absolute atomic E-state index is 13.4. The molecule has 0 bridgehead atoms. The van der Waals surface area contributed by atoms with Crippen molar-refractivity contribution in [3.8, 4) is 0 Å².